The van der Waals surface area contributed by atoms with Crippen molar-refractivity contribution in [2.45, 2.75) is 12.0 Å². The Hall–Kier alpha value is -1.93. The topological polar surface area (TPSA) is 111 Å². The van der Waals surface area contributed by atoms with Gasteiger partial charge in [0, 0.05) is 26.7 Å². The molecule has 0 aliphatic carbocycles. The summed E-state index contributed by atoms with van der Waals surface area (Å²) >= 11 is 0. The number of imidazole rings is 1. The van der Waals surface area contributed by atoms with Crippen LogP contribution in [0.5, 0.6) is 0 Å². The minimum absolute atomic E-state index is 0.191. The third-order valence-electron chi connectivity index (χ3n) is 3.38. The normalized spacial score (nSPS) is 23.0. The summed E-state index contributed by atoms with van der Waals surface area (Å²) in [5, 5.41) is 3.24. The van der Waals surface area contributed by atoms with E-state index < -0.39 is 0 Å². The van der Waals surface area contributed by atoms with Crippen molar-refractivity contribution in [1.82, 2.24) is 19.9 Å². The SMILES string of the molecule is COC1(CNc2nc(N)nc3nc[nH]c23)CCOC1. The predicted octanol–water partition coefficient (Wildman–Crippen LogP) is 0.152. The lowest BCUT2D eigenvalue weighted by molar-refractivity contribution is -0.00623. The van der Waals surface area contributed by atoms with E-state index in [1.165, 1.54) is 0 Å². The lowest BCUT2D eigenvalue weighted by Gasteiger charge is -2.26. The van der Waals surface area contributed by atoms with Crippen molar-refractivity contribution in [3.05, 3.63) is 6.33 Å². The molecule has 0 bridgehead atoms. The van der Waals surface area contributed by atoms with Gasteiger partial charge in [0.05, 0.1) is 12.9 Å². The second-order valence-corrected chi connectivity index (χ2v) is 4.57. The van der Waals surface area contributed by atoms with Crippen molar-refractivity contribution >= 4 is 22.9 Å². The zero-order valence-electron chi connectivity index (χ0n) is 10.6. The van der Waals surface area contributed by atoms with Crippen molar-refractivity contribution in [1.29, 1.82) is 0 Å². The molecule has 0 amide bonds. The van der Waals surface area contributed by atoms with Crippen LogP contribution in [0, 0.1) is 0 Å². The van der Waals surface area contributed by atoms with Crippen molar-refractivity contribution < 1.29 is 9.47 Å². The maximum atomic E-state index is 5.66. The number of nitrogens with one attached hydrogen (secondary N) is 2. The number of nitrogens with two attached hydrogens (primary N) is 1. The van der Waals surface area contributed by atoms with Crippen LogP contribution in [0.1, 0.15) is 6.42 Å². The van der Waals surface area contributed by atoms with Gasteiger partial charge in [0.25, 0.3) is 0 Å². The number of ether oxygens (including phenoxy) is 2. The highest BCUT2D eigenvalue weighted by Crippen LogP contribution is 2.24. The highest BCUT2D eigenvalue weighted by molar-refractivity contribution is 5.83. The molecule has 102 valence electrons. The first kappa shape index (κ1) is 12.1. The quantitative estimate of drug-likeness (QED) is 0.720. The number of nitrogen functional groups attached to an aromatic ring is 1. The first-order valence-corrected chi connectivity index (χ1v) is 6.06. The fourth-order valence-corrected chi connectivity index (χ4v) is 2.18. The predicted molar refractivity (Wildman–Crippen MR) is 69.8 cm³/mol. The van der Waals surface area contributed by atoms with Crippen molar-refractivity contribution in [3.63, 3.8) is 0 Å². The van der Waals surface area contributed by atoms with Crippen molar-refractivity contribution in [2.75, 3.05) is 37.9 Å². The Morgan fingerprint density at radius 2 is 2.47 bits per heavy atom. The van der Waals surface area contributed by atoms with Crippen LogP contribution in [-0.4, -0.2) is 52.4 Å². The molecule has 1 aliphatic rings. The van der Waals surface area contributed by atoms with E-state index in [1.807, 2.05) is 0 Å². The van der Waals surface area contributed by atoms with Crippen LogP contribution in [0.25, 0.3) is 11.2 Å². The molecule has 19 heavy (non-hydrogen) atoms. The van der Waals surface area contributed by atoms with Crippen LogP contribution in [0.15, 0.2) is 6.33 Å². The van der Waals surface area contributed by atoms with E-state index in [0.29, 0.717) is 31.2 Å². The molecule has 0 spiro atoms. The molecule has 1 atom stereocenters. The molecule has 2 aromatic heterocycles. The third kappa shape index (κ3) is 2.20. The monoisotopic (exact) mass is 264 g/mol. The Kier molecular flexibility index (Phi) is 2.96. The molecule has 8 nitrogen and oxygen atoms in total. The number of methoxy groups -OCH3 is 1. The zero-order chi connectivity index (χ0) is 13.3. The van der Waals surface area contributed by atoms with Gasteiger partial charge in [-0.2, -0.15) is 9.97 Å². The van der Waals surface area contributed by atoms with E-state index in [9.17, 15) is 0 Å². The van der Waals surface area contributed by atoms with Crippen molar-refractivity contribution in [2.24, 2.45) is 0 Å². The number of aromatic nitrogens is 4. The average molecular weight is 264 g/mol. The van der Waals surface area contributed by atoms with E-state index >= 15 is 0 Å². The molecule has 1 unspecified atom stereocenters. The van der Waals surface area contributed by atoms with E-state index in [0.717, 1.165) is 11.9 Å². The van der Waals surface area contributed by atoms with Gasteiger partial charge in [-0.25, -0.2) is 4.98 Å². The van der Waals surface area contributed by atoms with Gasteiger partial charge in [-0.3, -0.25) is 0 Å². The molecule has 1 fully saturated rings. The van der Waals surface area contributed by atoms with Crippen LogP contribution in [0.4, 0.5) is 11.8 Å². The first-order chi connectivity index (χ1) is 9.22. The highest BCUT2D eigenvalue weighted by atomic mass is 16.5. The molecule has 8 heteroatoms. The fraction of sp³-hybridized carbons (Fsp3) is 0.545. The van der Waals surface area contributed by atoms with Gasteiger partial charge in [-0.05, 0) is 0 Å². The lowest BCUT2D eigenvalue weighted by atomic mass is 10.0. The summed E-state index contributed by atoms with van der Waals surface area (Å²) in [6.45, 7) is 1.87. The Balaban J connectivity index is 1.83. The lowest BCUT2D eigenvalue weighted by Crippen LogP contribution is -2.39. The second-order valence-electron chi connectivity index (χ2n) is 4.57. The van der Waals surface area contributed by atoms with Crippen LogP contribution in [0.3, 0.4) is 0 Å². The van der Waals surface area contributed by atoms with E-state index in [1.54, 1.807) is 13.4 Å². The Labute approximate surface area is 109 Å². The van der Waals surface area contributed by atoms with Gasteiger partial charge >= 0.3 is 0 Å². The maximum Gasteiger partial charge on any atom is 0.224 e. The number of hydrogen-bond acceptors (Lipinski definition) is 7. The smallest absolute Gasteiger partial charge is 0.224 e. The van der Waals surface area contributed by atoms with Crippen molar-refractivity contribution in [3.8, 4) is 0 Å². The summed E-state index contributed by atoms with van der Waals surface area (Å²) in [5.41, 5.74) is 6.63. The van der Waals surface area contributed by atoms with Gasteiger partial charge in [0.15, 0.2) is 11.5 Å². The molecular formula is C11H16N6O2. The third-order valence-corrected chi connectivity index (χ3v) is 3.38. The number of fused-ring (bicyclic) bond motifs is 1. The molecule has 2 aromatic rings. The minimum atomic E-state index is -0.313. The zero-order valence-corrected chi connectivity index (χ0v) is 10.6. The van der Waals surface area contributed by atoms with Crippen LogP contribution in [0.2, 0.25) is 0 Å². The highest BCUT2D eigenvalue weighted by Gasteiger charge is 2.35. The number of nitrogens with zero attached hydrogens (tertiary/aromatic N) is 3. The number of anilines is 2. The van der Waals surface area contributed by atoms with Gasteiger partial charge in [-0.15, -0.1) is 0 Å². The summed E-state index contributed by atoms with van der Waals surface area (Å²) in [4.78, 5) is 15.3. The number of aromatic amines is 1. The van der Waals surface area contributed by atoms with Gasteiger partial charge in [-0.1, -0.05) is 0 Å². The molecule has 0 aromatic carbocycles. The molecule has 1 aliphatic heterocycles. The van der Waals surface area contributed by atoms with Gasteiger partial charge < -0.3 is 25.5 Å². The number of H-pyrrole nitrogens is 1. The summed E-state index contributed by atoms with van der Waals surface area (Å²) in [6, 6.07) is 0. The van der Waals surface area contributed by atoms with Gasteiger partial charge in [0.2, 0.25) is 5.95 Å². The number of rotatable bonds is 4. The second kappa shape index (κ2) is 4.63. The fourth-order valence-electron chi connectivity index (χ4n) is 2.18. The van der Waals surface area contributed by atoms with Gasteiger partial charge in [0.1, 0.15) is 11.1 Å². The molecule has 1 saturated heterocycles. The Morgan fingerprint density at radius 3 is 3.21 bits per heavy atom. The van der Waals surface area contributed by atoms with E-state index in [2.05, 4.69) is 25.3 Å². The Bertz CT molecular complexity index is 578. The van der Waals surface area contributed by atoms with E-state index in [-0.39, 0.29) is 11.5 Å². The van der Waals surface area contributed by atoms with E-state index in [4.69, 9.17) is 15.2 Å². The Morgan fingerprint density at radius 1 is 1.58 bits per heavy atom. The van der Waals surface area contributed by atoms with Crippen LogP contribution >= 0.6 is 0 Å². The van der Waals surface area contributed by atoms with Crippen LogP contribution < -0.4 is 11.1 Å². The average Bonchev–Trinajstić information content (AvgIpc) is 3.05. The summed E-state index contributed by atoms with van der Waals surface area (Å²) < 4.78 is 10.9. The summed E-state index contributed by atoms with van der Waals surface area (Å²) in [5.74, 6) is 0.819. The van der Waals surface area contributed by atoms with Crippen LogP contribution in [-0.2, 0) is 9.47 Å². The molecule has 3 rings (SSSR count). The standard InChI is InChI=1S/C11H16N6O2/c1-18-11(2-3-19-5-11)4-13-8-7-9(15-6-14-7)17-10(12)16-8/h6H,2-5H2,1H3,(H4,12,13,14,15,16,17). The first-order valence-electron chi connectivity index (χ1n) is 6.06. The molecular weight excluding hydrogens is 248 g/mol. The molecule has 3 heterocycles. The minimum Gasteiger partial charge on any atom is -0.378 e. The summed E-state index contributed by atoms with van der Waals surface area (Å²) in [7, 11) is 1.69. The summed E-state index contributed by atoms with van der Waals surface area (Å²) in [6.07, 6.45) is 2.41. The largest absolute Gasteiger partial charge is 0.378 e. The number of hydrogen-bond donors (Lipinski definition) is 3. The molecule has 0 radical (unpaired) electrons. The molecule has 4 N–H and O–H groups in total. The molecule has 0 saturated carbocycles. The maximum absolute atomic E-state index is 5.66.